The Morgan fingerprint density at radius 2 is 2.15 bits per heavy atom. The zero-order chi connectivity index (χ0) is 24.1. The van der Waals surface area contributed by atoms with Crippen LogP contribution in [0.5, 0.6) is 11.5 Å². The van der Waals surface area contributed by atoms with Crippen LogP contribution in [-0.4, -0.2) is 50.6 Å². The zero-order valence-corrected chi connectivity index (χ0v) is 20.1. The van der Waals surface area contributed by atoms with Crippen LogP contribution < -0.4 is 19.9 Å². The number of benzene rings is 1. The average Bonchev–Trinajstić information content (AvgIpc) is 3.44. The van der Waals surface area contributed by atoms with Crippen molar-refractivity contribution < 1.29 is 18.6 Å². The number of nitriles is 1. The van der Waals surface area contributed by atoms with Crippen molar-refractivity contribution in [1.29, 1.82) is 5.26 Å². The van der Waals surface area contributed by atoms with Crippen molar-refractivity contribution in [2.75, 3.05) is 43.2 Å². The number of thiophene rings is 1. The van der Waals surface area contributed by atoms with Crippen LogP contribution in [0.25, 0.3) is 5.57 Å². The van der Waals surface area contributed by atoms with E-state index in [4.69, 9.17) is 4.74 Å². The Bertz CT molecular complexity index is 1190. The number of hydrogen-bond donors (Lipinski definition) is 2. The van der Waals surface area contributed by atoms with Gasteiger partial charge >= 0.3 is 0 Å². The van der Waals surface area contributed by atoms with Crippen molar-refractivity contribution in [2.45, 2.75) is 38.3 Å². The highest BCUT2D eigenvalue weighted by molar-refractivity contribution is 7.17. The molecule has 2 N–H and O–H groups in total. The number of anilines is 3. The number of fused-ring (bicyclic) bond motifs is 2. The molecule has 34 heavy (non-hydrogen) atoms. The van der Waals surface area contributed by atoms with Crippen LogP contribution in [0.4, 0.5) is 25.2 Å². The van der Waals surface area contributed by atoms with Crippen LogP contribution in [0.3, 0.4) is 0 Å². The summed E-state index contributed by atoms with van der Waals surface area (Å²) in [4.78, 5) is 4.34. The molecule has 2 atom stereocenters. The fourth-order valence-corrected chi connectivity index (χ4v) is 6.35. The standard InChI is InChI=1S/C25H28F2N4O2S/c1-13-17-10-18(27)22(30-9-6-15(12-30)14(2)29-8-7-26)24(33-3)21(17)31(16-4-5-16)25-20(13)23(32)19(11-28)34-25/h10,14-16,29,32H,1,4-9,12H2,2-3H3/t14-,15+/m0/s1. The highest BCUT2D eigenvalue weighted by atomic mass is 32.1. The van der Waals surface area contributed by atoms with Crippen molar-refractivity contribution in [3.63, 3.8) is 0 Å². The Hall–Kier alpha value is -2.83. The second-order valence-corrected chi connectivity index (χ2v) is 10.2. The number of hydrogen-bond acceptors (Lipinski definition) is 7. The van der Waals surface area contributed by atoms with E-state index in [1.807, 2.05) is 11.8 Å². The summed E-state index contributed by atoms with van der Waals surface area (Å²) in [6.45, 7) is 7.42. The summed E-state index contributed by atoms with van der Waals surface area (Å²) >= 11 is 1.23. The van der Waals surface area contributed by atoms with Crippen LogP contribution in [0.15, 0.2) is 12.6 Å². The number of methoxy groups -OCH3 is 1. The lowest BCUT2D eigenvalue weighted by atomic mass is 9.92. The van der Waals surface area contributed by atoms with E-state index in [1.165, 1.54) is 17.4 Å². The summed E-state index contributed by atoms with van der Waals surface area (Å²) in [5, 5.41) is 24.2. The molecule has 0 unspecified atom stereocenters. The van der Waals surface area contributed by atoms with Crippen LogP contribution in [-0.2, 0) is 0 Å². The molecule has 0 amide bonds. The number of alkyl halides is 1. The maximum Gasteiger partial charge on any atom is 0.169 e. The van der Waals surface area contributed by atoms with Crippen LogP contribution in [0, 0.1) is 23.1 Å². The first-order chi connectivity index (χ1) is 16.4. The summed E-state index contributed by atoms with van der Waals surface area (Å²) in [5.74, 6) is 0.214. The Morgan fingerprint density at radius 3 is 2.79 bits per heavy atom. The maximum atomic E-state index is 15.7. The van der Waals surface area contributed by atoms with E-state index in [2.05, 4.69) is 22.9 Å². The molecule has 2 aliphatic heterocycles. The summed E-state index contributed by atoms with van der Waals surface area (Å²) in [5.41, 5.74) is 2.73. The highest BCUT2D eigenvalue weighted by Crippen LogP contribution is 2.60. The van der Waals surface area contributed by atoms with Gasteiger partial charge in [-0.15, -0.1) is 11.3 Å². The van der Waals surface area contributed by atoms with Gasteiger partial charge in [-0.25, -0.2) is 8.78 Å². The third-order valence-electron chi connectivity index (χ3n) is 7.16. The van der Waals surface area contributed by atoms with Gasteiger partial charge in [0.2, 0.25) is 0 Å². The number of nitrogens with one attached hydrogen (secondary N) is 1. The Balaban J connectivity index is 1.59. The SMILES string of the molecule is C=C1c2cc(F)c(N3CC[C@@H]([C@H](C)NCCF)C3)c(OC)c2N(C2CC2)c2sc(C#N)c(O)c21. The lowest BCUT2D eigenvalue weighted by molar-refractivity contribution is 0.372. The van der Waals surface area contributed by atoms with E-state index in [-0.39, 0.29) is 28.6 Å². The molecule has 1 saturated heterocycles. The highest BCUT2D eigenvalue weighted by Gasteiger charge is 2.43. The number of halogens is 2. The zero-order valence-electron chi connectivity index (χ0n) is 19.3. The predicted molar refractivity (Wildman–Crippen MR) is 131 cm³/mol. The van der Waals surface area contributed by atoms with E-state index in [1.54, 1.807) is 7.11 Å². The molecular formula is C25H28F2N4O2S. The van der Waals surface area contributed by atoms with Gasteiger partial charge in [0, 0.05) is 37.3 Å². The molecule has 2 aromatic rings. The van der Waals surface area contributed by atoms with Gasteiger partial charge in [-0.2, -0.15) is 5.26 Å². The summed E-state index contributed by atoms with van der Waals surface area (Å²) in [6.07, 6.45) is 2.80. The molecule has 0 spiro atoms. The minimum atomic E-state index is -0.414. The molecule has 1 saturated carbocycles. The molecule has 2 fully saturated rings. The molecule has 0 radical (unpaired) electrons. The van der Waals surface area contributed by atoms with Crippen molar-refractivity contribution in [3.8, 4) is 17.6 Å². The average molecular weight is 487 g/mol. The van der Waals surface area contributed by atoms with Crippen molar-refractivity contribution in [1.82, 2.24) is 5.32 Å². The molecule has 6 nitrogen and oxygen atoms in total. The normalized spacial score (nSPS) is 20.2. The van der Waals surface area contributed by atoms with Crippen molar-refractivity contribution >= 4 is 33.3 Å². The molecule has 1 aromatic carbocycles. The number of rotatable bonds is 7. The lowest BCUT2D eigenvalue weighted by Gasteiger charge is -2.35. The molecule has 180 valence electrons. The minimum Gasteiger partial charge on any atom is -0.505 e. The summed E-state index contributed by atoms with van der Waals surface area (Å²) in [7, 11) is 1.55. The lowest BCUT2D eigenvalue weighted by Crippen LogP contribution is -2.36. The van der Waals surface area contributed by atoms with E-state index in [0.29, 0.717) is 47.8 Å². The molecule has 9 heteroatoms. The summed E-state index contributed by atoms with van der Waals surface area (Å²) < 4.78 is 34.2. The molecule has 0 bridgehead atoms. The third kappa shape index (κ3) is 3.51. The van der Waals surface area contributed by atoms with Crippen LogP contribution >= 0.6 is 11.3 Å². The topological polar surface area (TPSA) is 71.8 Å². The smallest absolute Gasteiger partial charge is 0.169 e. The predicted octanol–water partition coefficient (Wildman–Crippen LogP) is 4.92. The van der Waals surface area contributed by atoms with Gasteiger partial charge in [-0.3, -0.25) is 0 Å². The second-order valence-electron chi connectivity index (χ2n) is 9.21. The Labute approximate surface area is 202 Å². The minimum absolute atomic E-state index is 0.0931. The molecule has 1 aliphatic carbocycles. The van der Waals surface area contributed by atoms with Crippen LogP contribution in [0.1, 0.15) is 42.2 Å². The van der Waals surface area contributed by atoms with Crippen molar-refractivity contribution in [2.24, 2.45) is 5.92 Å². The number of nitrogens with zero attached hydrogens (tertiary/aromatic N) is 3. The fraction of sp³-hybridized carbons (Fsp3) is 0.480. The monoisotopic (exact) mass is 486 g/mol. The van der Waals surface area contributed by atoms with Crippen molar-refractivity contribution in [3.05, 3.63) is 34.5 Å². The van der Waals surface area contributed by atoms with Gasteiger partial charge in [0.25, 0.3) is 0 Å². The third-order valence-corrected chi connectivity index (χ3v) is 8.24. The largest absolute Gasteiger partial charge is 0.505 e. The first-order valence-electron chi connectivity index (χ1n) is 11.6. The number of ether oxygens (including phenoxy) is 1. The first kappa shape index (κ1) is 22.9. The number of aromatic hydroxyl groups is 1. The first-order valence-corrected chi connectivity index (χ1v) is 12.4. The van der Waals surface area contributed by atoms with Gasteiger partial charge in [0.1, 0.15) is 28.3 Å². The van der Waals surface area contributed by atoms with Gasteiger partial charge in [-0.1, -0.05) is 6.58 Å². The quantitative estimate of drug-likeness (QED) is 0.579. The maximum absolute atomic E-state index is 15.7. The van der Waals surface area contributed by atoms with Gasteiger partial charge < -0.3 is 25.0 Å². The van der Waals surface area contributed by atoms with Gasteiger partial charge in [0.05, 0.1) is 18.4 Å². The molecule has 3 heterocycles. The summed E-state index contributed by atoms with van der Waals surface area (Å²) in [6, 6.07) is 3.86. The van der Waals surface area contributed by atoms with E-state index < -0.39 is 12.5 Å². The second kappa shape index (κ2) is 8.75. The Kier molecular flexibility index (Phi) is 5.90. The molecule has 3 aliphatic rings. The fourth-order valence-electron chi connectivity index (χ4n) is 5.26. The molecule has 5 rings (SSSR count). The van der Waals surface area contributed by atoms with E-state index in [0.717, 1.165) is 30.0 Å². The molecular weight excluding hydrogens is 458 g/mol. The van der Waals surface area contributed by atoms with Crippen LogP contribution in [0.2, 0.25) is 0 Å². The van der Waals surface area contributed by atoms with E-state index in [9.17, 15) is 14.8 Å². The Morgan fingerprint density at radius 1 is 1.38 bits per heavy atom. The molecule has 1 aromatic heterocycles. The van der Waals surface area contributed by atoms with Gasteiger partial charge in [0.15, 0.2) is 17.3 Å². The van der Waals surface area contributed by atoms with Gasteiger partial charge in [-0.05, 0) is 43.7 Å². The van der Waals surface area contributed by atoms with E-state index >= 15 is 4.39 Å².